The number of benzene rings is 2. The van der Waals surface area contributed by atoms with E-state index in [0.717, 1.165) is 29.7 Å². The molecule has 2 unspecified atom stereocenters. The molecule has 28 heavy (non-hydrogen) atoms. The number of carboxylic acid groups (broad SMARTS) is 1. The number of carbonyl (C=O) groups is 1. The van der Waals surface area contributed by atoms with Gasteiger partial charge in [0.25, 0.3) is 0 Å². The lowest BCUT2D eigenvalue weighted by molar-refractivity contribution is -0.145. The van der Waals surface area contributed by atoms with Crippen molar-refractivity contribution in [2.75, 3.05) is 32.6 Å². The first-order valence-electron chi connectivity index (χ1n) is 9.51. The molecule has 0 saturated carbocycles. The van der Waals surface area contributed by atoms with Crippen molar-refractivity contribution in [1.82, 2.24) is 4.90 Å². The first-order chi connectivity index (χ1) is 13.4. The van der Waals surface area contributed by atoms with Gasteiger partial charge in [-0.1, -0.05) is 24.6 Å². The van der Waals surface area contributed by atoms with Crippen molar-refractivity contribution >= 4 is 11.7 Å². The molecule has 2 atom stereocenters. The highest BCUT2D eigenvalue weighted by atomic mass is 19.1. The Labute approximate surface area is 165 Å². The van der Waals surface area contributed by atoms with Crippen LogP contribution in [0.2, 0.25) is 0 Å². The van der Waals surface area contributed by atoms with Crippen LogP contribution in [0.1, 0.15) is 36.4 Å². The second kappa shape index (κ2) is 8.61. The predicted molar refractivity (Wildman–Crippen MR) is 108 cm³/mol. The lowest BCUT2D eigenvalue weighted by Crippen LogP contribution is -2.46. The number of hydrogen-bond donors (Lipinski definition) is 1. The Hall–Kier alpha value is -2.60. The van der Waals surface area contributed by atoms with Gasteiger partial charge in [0.2, 0.25) is 0 Å². The molecule has 1 saturated heterocycles. The standard InChI is InChI=1S/C22H27FN2O3/c1-24(2)17-10-7-15(8-11-17)21(16-9-12-20(28-3)18(23)14-16)25-13-5-4-6-19(25)22(26)27/h7-12,14,19,21H,4-6,13H2,1-3H3,(H,26,27). The number of aliphatic carboxylic acids is 1. The number of hydrogen-bond acceptors (Lipinski definition) is 4. The van der Waals surface area contributed by atoms with Crippen molar-refractivity contribution < 1.29 is 19.0 Å². The molecule has 2 aromatic rings. The first kappa shape index (κ1) is 20.1. The van der Waals surface area contributed by atoms with Gasteiger partial charge in [0, 0.05) is 19.8 Å². The summed E-state index contributed by atoms with van der Waals surface area (Å²) in [7, 11) is 5.37. The van der Waals surface area contributed by atoms with E-state index in [2.05, 4.69) is 0 Å². The minimum absolute atomic E-state index is 0.180. The van der Waals surface area contributed by atoms with Gasteiger partial charge < -0.3 is 14.7 Å². The molecule has 6 heteroatoms. The van der Waals surface area contributed by atoms with Gasteiger partial charge in [0.1, 0.15) is 6.04 Å². The number of piperidine rings is 1. The average molecular weight is 386 g/mol. The molecular formula is C22H27FN2O3. The summed E-state index contributed by atoms with van der Waals surface area (Å²) in [4.78, 5) is 15.9. The minimum atomic E-state index is -0.830. The van der Waals surface area contributed by atoms with Crippen LogP contribution in [0.4, 0.5) is 10.1 Å². The van der Waals surface area contributed by atoms with Crippen molar-refractivity contribution in [1.29, 1.82) is 0 Å². The Kier molecular flexibility index (Phi) is 6.19. The van der Waals surface area contributed by atoms with E-state index in [9.17, 15) is 14.3 Å². The van der Waals surface area contributed by atoms with E-state index >= 15 is 0 Å². The minimum Gasteiger partial charge on any atom is -0.494 e. The topological polar surface area (TPSA) is 53.0 Å². The van der Waals surface area contributed by atoms with Gasteiger partial charge in [-0.15, -0.1) is 0 Å². The summed E-state index contributed by atoms with van der Waals surface area (Å²) in [6.45, 7) is 0.657. The second-order valence-corrected chi connectivity index (χ2v) is 7.37. The predicted octanol–water partition coefficient (Wildman–Crippen LogP) is 3.93. The molecule has 0 spiro atoms. The van der Waals surface area contributed by atoms with E-state index < -0.39 is 17.8 Å². The zero-order valence-corrected chi connectivity index (χ0v) is 16.6. The molecule has 0 aliphatic carbocycles. The molecule has 1 fully saturated rings. The number of rotatable bonds is 6. The molecule has 1 N–H and O–H groups in total. The molecular weight excluding hydrogens is 359 g/mol. The van der Waals surface area contributed by atoms with Crippen molar-refractivity contribution in [3.63, 3.8) is 0 Å². The molecule has 3 rings (SSSR count). The summed E-state index contributed by atoms with van der Waals surface area (Å²) in [5.41, 5.74) is 2.73. The lowest BCUT2D eigenvalue weighted by atomic mass is 9.91. The Morgan fingerprint density at radius 1 is 1.18 bits per heavy atom. The van der Waals surface area contributed by atoms with Gasteiger partial charge >= 0.3 is 5.97 Å². The quantitative estimate of drug-likeness (QED) is 0.815. The Balaban J connectivity index is 2.07. The van der Waals surface area contributed by atoms with Crippen LogP contribution in [-0.2, 0) is 4.79 Å². The number of ether oxygens (including phenoxy) is 1. The fourth-order valence-corrected chi connectivity index (χ4v) is 3.91. The molecule has 1 aliphatic rings. The fourth-order valence-electron chi connectivity index (χ4n) is 3.91. The van der Waals surface area contributed by atoms with E-state index in [1.165, 1.54) is 13.2 Å². The zero-order valence-electron chi connectivity index (χ0n) is 16.6. The molecule has 1 heterocycles. The van der Waals surface area contributed by atoms with Crippen LogP contribution < -0.4 is 9.64 Å². The van der Waals surface area contributed by atoms with Gasteiger partial charge in [-0.3, -0.25) is 9.69 Å². The van der Waals surface area contributed by atoms with Crippen molar-refractivity contribution in [2.45, 2.75) is 31.3 Å². The number of carboxylic acids is 1. The molecule has 150 valence electrons. The van der Waals surface area contributed by atoms with E-state index in [1.807, 2.05) is 54.2 Å². The maximum atomic E-state index is 14.5. The van der Waals surface area contributed by atoms with Gasteiger partial charge in [-0.05, 0) is 54.8 Å². The van der Waals surface area contributed by atoms with Gasteiger partial charge in [0.15, 0.2) is 11.6 Å². The van der Waals surface area contributed by atoms with E-state index in [1.54, 1.807) is 6.07 Å². The SMILES string of the molecule is COc1ccc(C(c2ccc(N(C)C)cc2)N2CCCCC2C(=O)O)cc1F. The molecule has 0 radical (unpaired) electrons. The Morgan fingerprint density at radius 2 is 1.86 bits per heavy atom. The van der Waals surface area contributed by atoms with Crippen molar-refractivity contribution in [2.24, 2.45) is 0 Å². The third-order valence-corrected chi connectivity index (χ3v) is 5.38. The Bertz CT molecular complexity index is 823. The number of anilines is 1. The summed E-state index contributed by atoms with van der Waals surface area (Å²) in [6.07, 6.45) is 2.41. The second-order valence-electron chi connectivity index (χ2n) is 7.37. The highest BCUT2D eigenvalue weighted by Gasteiger charge is 2.35. The van der Waals surface area contributed by atoms with Gasteiger partial charge in [-0.25, -0.2) is 4.39 Å². The first-order valence-corrected chi connectivity index (χ1v) is 9.51. The largest absolute Gasteiger partial charge is 0.494 e. The summed E-state index contributed by atoms with van der Waals surface area (Å²) >= 11 is 0. The van der Waals surface area contributed by atoms with E-state index in [0.29, 0.717) is 13.0 Å². The van der Waals surface area contributed by atoms with Gasteiger partial charge in [-0.2, -0.15) is 0 Å². The van der Waals surface area contributed by atoms with Crippen LogP contribution in [0.5, 0.6) is 5.75 Å². The molecule has 0 bridgehead atoms. The highest BCUT2D eigenvalue weighted by molar-refractivity contribution is 5.73. The normalized spacial score (nSPS) is 18.5. The van der Waals surface area contributed by atoms with Crippen LogP contribution in [0.15, 0.2) is 42.5 Å². The van der Waals surface area contributed by atoms with Gasteiger partial charge in [0.05, 0.1) is 13.2 Å². The number of halogens is 1. The molecule has 5 nitrogen and oxygen atoms in total. The van der Waals surface area contributed by atoms with Crippen molar-refractivity contribution in [3.8, 4) is 5.75 Å². The maximum absolute atomic E-state index is 14.5. The summed E-state index contributed by atoms with van der Waals surface area (Å²) in [5.74, 6) is -1.10. The molecule has 1 aliphatic heterocycles. The maximum Gasteiger partial charge on any atom is 0.320 e. The Morgan fingerprint density at radius 3 is 2.43 bits per heavy atom. The van der Waals surface area contributed by atoms with Crippen LogP contribution in [0.3, 0.4) is 0 Å². The fraction of sp³-hybridized carbons (Fsp3) is 0.409. The molecule has 2 aromatic carbocycles. The molecule has 0 amide bonds. The average Bonchev–Trinajstić information content (AvgIpc) is 2.69. The third kappa shape index (κ3) is 4.12. The zero-order chi connectivity index (χ0) is 20.3. The van der Waals surface area contributed by atoms with Crippen LogP contribution in [0, 0.1) is 5.82 Å². The smallest absolute Gasteiger partial charge is 0.320 e. The van der Waals surface area contributed by atoms with Crippen LogP contribution >= 0.6 is 0 Å². The monoisotopic (exact) mass is 386 g/mol. The van der Waals surface area contributed by atoms with E-state index in [4.69, 9.17) is 4.74 Å². The third-order valence-electron chi connectivity index (χ3n) is 5.38. The number of likely N-dealkylation sites (tertiary alicyclic amines) is 1. The van der Waals surface area contributed by atoms with Crippen LogP contribution in [-0.4, -0.2) is 49.8 Å². The number of methoxy groups -OCH3 is 1. The molecule has 0 aromatic heterocycles. The summed E-state index contributed by atoms with van der Waals surface area (Å²) in [5, 5.41) is 9.76. The summed E-state index contributed by atoms with van der Waals surface area (Å²) in [6, 6.07) is 12.0. The van der Waals surface area contributed by atoms with Crippen molar-refractivity contribution in [3.05, 3.63) is 59.4 Å². The number of nitrogens with zero attached hydrogens (tertiary/aromatic N) is 2. The lowest BCUT2D eigenvalue weighted by Gasteiger charge is -2.39. The summed E-state index contributed by atoms with van der Waals surface area (Å²) < 4.78 is 19.5. The van der Waals surface area contributed by atoms with Crippen LogP contribution in [0.25, 0.3) is 0 Å². The highest BCUT2D eigenvalue weighted by Crippen LogP contribution is 2.36. The van der Waals surface area contributed by atoms with E-state index in [-0.39, 0.29) is 11.8 Å².